The van der Waals surface area contributed by atoms with Crippen LogP contribution in [-0.2, 0) is 28.7 Å². The van der Waals surface area contributed by atoms with E-state index in [4.69, 9.17) is 49.9 Å². The summed E-state index contributed by atoms with van der Waals surface area (Å²) in [6.45, 7) is -0.594. The van der Waals surface area contributed by atoms with Gasteiger partial charge in [-0.1, -0.05) is 84.4 Å². The zero-order valence-corrected chi connectivity index (χ0v) is 35.4. The number of aliphatic imine (C=N–C) groups is 1. The van der Waals surface area contributed by atoms with Gasteiger partial charge in [-0.3, -0.25) is 9.05 Å². The highest BCUT2D eigenvalue weighted by Crippen LogP contribution is 2.54. The van der Waals surface area contributed by atoms with Crippen molar-refractivity contribution in [2.24, 2.45) is 10.7 Å². The molecule has 62 heavy (non-hydrogen) atoms. The summed E-state index contributed by atoms with van der Waals surface area (Å²) in [4.78, 5) is 32.8. The third kappa shape index (κ3) is 9.21. The number of amides is 3. The lowest BCUT2D eigenvalue weighted by Gasteiger charge is -2.37. The molecule has 0 spiro atoms. The molecule has 2 unspecified atom stereocenters. The van der Waals surface area contributed by atoms with Crippen LogP contribution in [0.15, 0.2) is 151 Å². The first-order valence-electron chi connectivity index (χ1n) is 19.5. The second-order valence-electron chi connectivity index (χ2n) is 14.1. The number of amidine groups is 1. The second-order valence-corrected chi connectivity index (χ2v) is 16.1. The molecule has 5 aromatic carbocycles. The van der Waals surface area contributed by atoms with Crippen molar-refractivity contribution in [2.45, 2.75) is 36.9 Å². The maximum absolute atomic E-state index is 14.7. The van der Waals surface area contributed by atoms with Crippen molar-refractivity contribution in [3.05, 3.63) is 173 Å². The van der Waals surface area contributed by atoms with Gasteiger partial charge in [0, 0.05) is 11.1 Å². The Bertz CT molecular complexity index is 2450. The number of quaternary nitrogens is 1. The number of phosphoric ester groups is 1. The molecule has 1 saturated heterocycles. The first kappa shape index (κ1) is 43.9. The van der Waals surface area contributed by atoms with Gasteiger partial charge in [-0.25, -0.2) is 14.2 Å². The number of hydrogen-bond donors (Lipinski definition) is 1. The van der Waals surface area contributed by atoms with Crippen molar-refractivity contribution >= 4 is 37.2 Å². The molecule has 14 nitrogen and oxygen atoms in total. The number of methoxy groups -OCH3 is 2. The monoisotopic (exact) mass is 877 g/mol. The number of nitrogens with zero attached hydrogens (tertiary/aromatic N) is 3. The number of urea groups is 1. The summed E-state index contributed by atoms with van der Waals surface area (Å²) >= 11 is 6.12. The Balaban J connectivity index is 1.35. The van der Waals surface area contributed by atoms with E-state index in [1.165, 1.54) is 36.5 Å². The lowest BCUT2D eigenvalue weighted by Crippen LogP contribution is -2.60. The van der Waals surface area contributed by atoms with Gasteiger partial charge in [0.05, 0.1) is 51.9 Å². The Labute approximate surface area is 363 Å². The van der Waals surface area contributed by atoms with Crippen LogP contribution in [0.1, 0.15) is 39.9 Å². The number of benzene rings is 5. The van der Waals surface area contributed by atoms with Gasteiger partial charge in [-0.05, 0) is 77.4 Å². The molecule has 1 fully saturated rings. The van der Waals surface area contributed by atoms with E-state index >= 15 is 0 Å². The molecule has 7 rings (SSSR count). The van der Waals surface area contributed by atoms with Gasteiger partial charge in [0.2, 0.25) is 6.23 Å². The van der Waals surface area contributed by atoms with Crippen LogP contribution in [0.2, 0.25) is 5.02 Å². The van der Waals surface area contributed by atoms with Crippen LogP contribution in [0.5, 0.6) is 17.2 Å². The van der Waals surface area contributed by atoms with E-state index < -0.39 is 48.3 Å². The minimum Gasteiger partial charge on any atom is -0.497 e. The number of carbonyl (C=O) groups is 2. The number of ether oxygens (including phenoxy) is 4. The van der Waals surface area contributed by atoms with E-state index in [-0.39, 0.29) is 43.2 Å². The molecular formula is C46H43ClN4O10P+. The largest absolute Gasteiger partial charge is 0.530 e. The first-order valence-corrected chi connectivity index (χ1v) is 21.3. The van der Waals surface area contributed by atoms with E-state index in [1.807, 2.05) is 84.9 Å². The lowest BCUT2D eigenvalue weighted by molar-refractivity contribution is -0.771. The van der Waals surface area contributed by atoms with Crippen LogP contribution in [0.25, 0.3) is 0 Å². The SMILES string of the molecule is COc1ccc(C(OC[C@H]2O[C@@H]([N+]3(C(=O)c4ccccc4)C=CC(N)=NC3=O)C[C@@H]2OP(=O)(OCCC#N)Oc2ccc(Cl)cc2)(c2ccccc2)c2ccc(OC)cc2)cc1. The summed E-state index contributed by atoms with van der Waals surface area (Å²) in [5, 5.41) is 9.74. The molecule has 318 valence electrons. The third-order valence-electron chi connectivity index (χ3n) is 10.4. The highest BCUT2D eigenvalue weighted by Gasteiger charge is 2.59. The van der Waals surface area contributed by atoms with Crippen molar-refractivity contribution in [1.82, 2.24) is 0 Å². The minimum atomic E-state index is -4.62. The average Bonchev–Trinajstić information content (AvgIpc) is 3.70. The van der Waals surface area contributed by atoms with Gasteiger partial charge in [-0.15, -0.1) is 9.48 Å². The number of phosphoric acid groups is 1. The minimum absolute atomic E-state index is 0.0989. The lowest BCUT2D eigenvalue weighted by atomic mass is 9.80. The zero-order valence-electron chi connectivity index (χ0n) is 33.7. The third-order valence-corrected chi connectivity index (χ3v) is 12.1. The number of nitriles is 1. The van der Waals surface area contributed by atoms with Crippen LogP contribution in [0.3, 0.4) is 0 Å². The van der Waals surface area contributed by atoms with Gasteiger partial charge >= 0.3 is 19.8 Å². The fraction of sp³-hybridized carbons (Fsp3) is 0.217. The smallest absolute Gasteiger partial charge is 0.497 e. The summed E-state index contributed by atoms with van der Waals surface area (Å²) in [6.07, 6.45) is -1.39. The molecular weight excluding hydrogens is 835 g/mol. The molecule has 2 N–H and O–H groups in total. The van der Waals surface area contributed by atoms with Gasteiger partial charge in [-0.2, -0.15) is 5.26 Å². The molecule has 2 aliphatic heterocycles. The molecule has 5 aromatic rings. The standard InChI is InChI=1S/C46H42ClN4O10P/c1-55-37-20-14-34(15-21-37)46(33-12-7-4-8-13-33,35-16-22-38(56-2)23-17-35)57-31-41-40(61-62(54,58-29-9-27-48)60-39-24-18-36(47)19-25-39)30-43(59-41)51(28-26-42(49)50-45(51)53)44(52)32-10-5-3-6-11-32/h3-8,10-26,28,40-41,43H,9,29-31H2,1-2H3,(H-,49,50,53)/p+1/t40-,41+,43+,51?,62?/m0/s1. The van der Waals surface area contributed by atoms with E-state index in [9.17, 15) is 19.4 Å². The molecule has 0 aliphatic carbocycles. The number of rotatable bonds is 17. The number of halogens is 1. The topological polar surface area (TPSA) is 178 Å². The van der Waals surface area contributed by atoms with Crippen LogP contribution in [0.4, 0.5) is 4.79 Å². The van der Waals surface area contributed by atoms with E-state index in [1.54, 1.807) is 44.6 Å². The molecule has 16 heteroatoms. The van der Waals surface area contributed by atoms with Gasteiger partial charge in [0.25, 0.3) is 0 Å². The van der Waals surface area contributed by atoms with Crippen molar-refractivity contribution in [3.63, 3.8) is 0 Å². The number of imide groups is 1. The summed E-state index contributed by atoms with van der Waals surface area (Å²) in [5.41, 5.74) is 6.98. The van der Waals surface area contributed by atoms with Crippen molar-refractivity contribution < 1.29 is 51.2 Å². The number of hydrogen-bond acceptors (Lipinski definition) is 12. The Morgan fingerprint density at radius 2 is 1.44 bits per heavy atom. The van der Waals surface area contributed by atoms with Crippen molar-refractivity contribution in [3.8, 4) is 23.3 Å². The van der Waals surface area contributed by atoms with Crippen molar-refractivity contribution in [2.75, 3.05) is 27.4 Å². The van der Waals surface area contributed by atoms with Gasteiger partial charge in [0.15, 0.2) is 0 Å². The van der Waals surface area contributed by atoms with E-state index in [0.717, 1.165) is 5.56 Å². The predicted octanol–water partition coefficient (Wildman–Crippen LogP) is 8.94. The fourth-order valence-electron chi connectivity index (χ4n) is 7.36. The Hall–Kier alpha value is -6.14. The summed E-state index contributed by atoms with van der Waals surface area (Å²) in [7, 11) is -1.47. The fourth-order valence-corrected chi connectivity index (χ4v) is 8.89. The van der Waals surface area contributed by atoms with Crippen LogP contribution >= 0.6 is 19.4 Å². The molecule has 5 atom stereocenters. The quantitative estimate of drug-likeness (QED) is 0.0407. The van der Waals surface area contributed by atoms with Gasteiger partial charge < -0.3 is 29.2 Å². The zero-order chi connectivity index (χ0) is 43.7. The van der Waals surface area contributed by atoms with Gasteiger partial charge in [0.1, 0.15) is 47.1 Å². The summed E-state index contributed by atoms with van der Waals surface area (Å²) < 4.78 is 56.6. The summed E-state index contributed by atoms with van der Waals surface area (Å²) in [5.74, 6) is 0.576. The normalized spacial score (nSPS) is 20.7. The Kier molecular flexibility index (Phi) is 13.7. The van der Waals surface area contributed by atoms with Crippen molar-refractivity contribution in [1.29, 1.82) is 5.26 Å². The first-order chi connectivity index (χ1) is 30.0. The molecule has 0 bridgehead atoms. The Morgan fingerprint density at radius 1 is 0.871 bits per heavy atom. The number of nitrogens with two attached hydrogens (primary N) is 1. The molecule has 0 radical (unpaired) electrons. The van der Waals surface area contributed by atoms with E-state index in [0.29, 0.717) is 27.6 Å². The number of carbonyl (C=O) groups excluding carboxylic acids is 2. The second kappa shape index (κ2) is 19.3. The van der Waals surface area contributed by atoms with Crippen LogP contribution in [0, 0.1) is 11.3 Å². The highest BCUT2D eigenvalue weighted by atomic mass is 35.5. The summed E-state index contributed by atoms with van der Waals surface area (Å²) in [6, 6.07) is 39.7. The van der Waals surface area contributed by atoms with Crippen LogP contribution in [-0.4, -0.2) is 68.1 Å². The molecule has 0 aromatic heterocycles. The highest BCUT2D eigenvalue weighted by molar-refractivity contribution is 7.49. The maximum atomic E-state index is 14.7. The van der Waals surface area contributed by atoms with Crippen LogP contribution < -0.4 is 19.7 Å². The molecule has 0 saturated carbocycles. The predicted molar refractivity (Wildman–Crippen MR) is 229 cm³/mol. The van der Waals surface area contributed by atoms with E-state index in [2.05, 4.69) is 4.99 Å². The maximum Gasteiger partial charge on any atom is 0.530 e. The Morgan fingerprint density at radius 3 is 2.00 bits per heavy atom. The average molecular weight is 878 g/mol. The molecule has 2 aliphatic rings. The molecule has 3 amide bonds. The molecule has 2 heterocycles.